The summed E-state index contributed by atoms with van der Waals surface area (Å²) in [5, 5.41) is 3.54. The molecule has 2 aromatic carbocycles. The fourth-order valence-corrected chi connectivity index (χ4v) is 6.14. The van der Waals surface area contributed by atoms with Gasteiger partial charge in [-0.3, -0.25) is 10.1 Å². The van der Waals surface area contributed by atoms with Crippen molar-refractivity contribution < 1.29 is 22.0 Å². The Balaban J connectivity index is 1.57. The molecule has 0 aromatic heterocycles. The molecule has 2 saturated heterocycles. The first-order valence-electron chi connectivity index (χ1n) is 11.3. The molecule has 2 aliphatic heterocycles. The summed E-state index contributed by atoms with van der Waals surface area (Å²) in [5.74, 6) is -0.721. The standard InChI is InChI=1S/C24H29F2N3O3S/c1-3-17(2)22-23(30)29(16-18-4-6-19(25)7-5-18)24(27-22)12-14-28(15-13-24)33(31,32)21-10-8-20(26)9-11-21/h4-11,17,22,27H,3,12-16H2,1-2H3. The van der Waals surface area contributed by atoms with Gasteiger partial charge in [-0.05, 0) is 60.7 Å². The normalized spacial score (nSPS) is 22.1. The first-order valence-corrected chi connectivity index (χ1v) is 12.7. The number of carbonyl (C=O) groups is 1. The highest BCUT2D eigenvalue weighted by Gasteiger charge is 2.53. The summed E-state index contributed by atoms with van der Waals surface area (Å²) >= 11 is 0. The lowest BCUT2D eigenvalue weighted by molar-refractivity contribution is -0.134. The number of nitrogens with zero attached hydrogens (tertiary/aromatic N) is 2. The van der Waals surface area contributed by atoms with Gasteiger partial charge >= 0.3 is 0 Å². The van der Waals surface area contributed by atoms with E-state index in [0.717, 1.165) is 24.1 Å². The highest BCUT2D eigenvalue weighted by atomic mass is 32.2. The number of amides is 1. The average molecular weight is 478 g/mol. The number of hydrogen-bond acceptors (Lipinski definition) is 4. The molecule has 1 N–H and O–H groups in total. The van der Waals surface area contributed by atoms with Crippen molar-refractivity contribution in [1.82, 2.24) is 14.5 Å². The third-order valence-corrected chi connectivity index (χ3v) is 8.85. The zero-order valence-electron chi connectivity index (χ0n) is 18.8. The Bertz CT molecular complexity index is 1100. The summed E-state index contributed by atoms with van der Waals surface area (Å²) in [7, 11) is -3.76. The zero-order chi connectivity index (χ0) is 23.8. The van der Waals surface area contributed by atoms with Crippen LogP contribution < -0.4 is 5.32 Å². The van der Waals surface area contributed by atoms with E-state index in [1.807, 2.05) is 13.8 Å². The third-order valence-electron chi connectivity index (χ3n) is 6.94. The molecule has 0 radical (unpaired) electrons. The molecule has 2 unspecified atom stereocenters. The summed E-state index contributed by atoms with van der Waals surface area (Å²) < 4.78 is 54.1. The summed E-state index contributed by atoms with van der Waals surface area (Å²) in [6.45, 7) is 4.84. The van der Waals surface area contributed by atoms with Crippen molar-refractivity contribution in [2.45, 2.75) is 56.3 Å². The summed E-state index contributed by atoms with van der Waals surface area (Å²) in [6, 6.07) is 10.5. The van der Waals surface area contributed by atoms with E-state index in [4.69, 9.17) is 0 Å². The average Bonchev–Trinajstić information content (AvgIpc) is 3.06. The molecule has 0 aliphatic carbocycles. The molecular formula is C24H29F2N3O3S. The number of rotatable bonds is 6. The lowest BCUT2D eigenvalue weighted by Gasteiger charge is -2.44. The Morgan fingerprint density at radius 3 is 2.12 bits per heavy atom. The Morgan fingerprint density at radius 2 is 1.58 bits per heavy atom. The fraction of sp³-hybridized carbons (Fsp3) is 0.458. The van der Waals surface area contributed by atoms with Crippen LogP contribution in [0.25, 0.3) is 0 Å². The number of sulfonamides is 1. The maximum atomic E-state index is 13.4. The number of piperidine rings is 1. The van der Waals surface area contributed by atoms with Gasteiger partial charge in [-0.1, -0.05) is 32.4 Å². The van der Waals surface area contributed by atoms with Gasteiger partial charge < -0.3 is 4.90 Å². The molecule has 4 rings (SSSR count). The smallest absolute Gasteiger partial charge is 0.243 e. The van der Waals surface area contributed by atoms with Gasteiger partial charge in [0.1, 0.15) is 11.6 Å². The van der Waals surface area contributed by atoms with E-state index in [-0.39, 0.29) is 41.7 Å². The lowest BCUT2D eigenvalue weighted by Crippen LogP contribution is -2.59. The van der Waals surface area contributed by atoms with Crippen molar-refractivity contribution in [3.8, 4) is 0 Å². The van der Waals surface area contributed by atoms with Crippen LogP contribution in [0.5, 0.6) is 0 Å². The molecule has 0 saturated carbocycles. The second kappa shape index (κ2) is 9.12. The maximum absolute atomic E-state index is 13.4. The van der Waals surface area contributed by atoms with E-state index in [2.05, 4.69) is 5.32 Å². The number of halogens is 2. The quantitative estimate of drug-likeness (QED) is 0.692. The van der Waals surface area contributed by atoms with E-state index < -0.39 is 21.5 Å². The van der Waals surface area contributed by atoms with Crippen LogP contribution in [0.3, 0.4) is 0 Å². The Hall–Kier alpha value is -2.36. The van der Waals surface area contributed by atoms with Crippen LogP contribution in [-0.2, 0) is 21.4 Å². The summed E-state index contributed by atoms with van der Waals surface area (Å²) in [5.41, 5.74) is 0.145. The van der Waals surface area contributed by atoms with Gasteiger partial charge in [-0.2, -0.15) is 4.31 Å². The van der Waals surface area contributed by atoms with Crippen LogP contribution in [0, 0.1) is 17.6 Å². The molecule has 2 heterocycles. The van der Waals surface area contributed by atoms with Crippen molar-refractivity contribution in [1.29, 1.82) is 0 Å². The molecule has 6 nitrogen and oxygen atoms in total. The first-order chi connectivity index (χ1) is 15.7. The fourth-order valence-electron chi connectivity index (χ4n) is 4.70. The maximum Gasteiger partial charge on any atom is 0.243 e. The summed E-state index contributed by atoms with van der Waals surface area (Å²) in [4.78, 5) is 15.3. The molecule has 9 heteroatoms. The van der Waals surface area contributed by atoms with E-state index in [9.17, 15) is 22.0 Å². The van der Waals surface area contributed by atoms with Gasteiger partial charge in [0.25, 0.3) is 0 Å². The summed E-state index contributed by atoms with van der Waals surface area (Å²) in [6.07, 6.45) is 1.68. The number of benzene rings is 2. The van der Waals surface area contributed by atoms with Gasteiger partial charge in [0.15, 0.2) is 0 Å². The minimum Gasteiger partial charge on any atom is -0.319 e. The van der Waals surface area contributed by atoms with Gasteiger partial charge in [0.05, 0.1) is 16.6 Å². The number of carbonyl (C=O) groups excluding carboxylic acids is 1. The van der Waals surface area contributed by atoms with Crippen LogP contribution in [0.2, 0.25) is 0 Å². The van der Waals surface area contributed by atoms with Crippen molar-refractivity contribution in [2.75, 3.05) is 13.1 Å². The van der Waals surface area contributed by atoms with Crippen LogP contribution in [0.4, 0.5) is 8.78 Å². The Morgan fingerprint density at radius 1 is 1.03 bits per heavy atom. The molecule has 178 valence electrons. The van der Waals surface area contributed by atoms with Crippen LogP contribution in [-0.4, -0.2) is 48.3 Å². The van der Waals surface area contributed by atoms with Crippen LogP contribution in [0.1, 0.15) is 38.7 Å². The van der Waals surface area contributed by atoms with Gasteiger partial charge in [-0.25, -0.2) is 17.2 Å². The SMILES string of the molecule is CCC(C)C1NC2(CCN(S(=O)(=O)c3ccc(F)cc3)CC2)N(Cc2ccc(F)cc2)C1=O. The minimum atomic E-state index is -3.76. The van der Waals surface area contributed by atoms with Gasteiger partial charge in [0, 0.05) is 19.6 Å². The largest absolute Gasteiger partial charge is 0.319 e. The van der Waals surface area contributed by atoms with E-state index in [1.165, 1.54) is 28.6 Å². The Kier molecular flexibility index (Phi) is 6.57. The number of hydrogen-bond donors (Lipinski definition) is 1. The van der Waals surface area contributed by atoms with Gasteiger partial charge in [-0.15, -0.1) is 0 Å². The first kappa shape index (κ1) is 23.8. The second-order valence-corrected chi connectivity index (χ2v) is 10.9. The zero-order valence-corrected chi connectivity index (χ0v) is 19.6. The van der Waals surface area contributed by atoms with Crippen molar-refractivity contribution in [3.05, 3.63) is 65.7 Å². The van der Waals surface area contributed by atoms with E-state index in [1.54, 1.807) is 17.0 Å². The lowest BCUT2D eigenvalue weighted by atomic mass is 9.96. The third kappa shape index (κ3) is 4.54. The minimum absolute atomic E-state index is 0.0106. The highest BCUT2D eigenvalue weighted by Crippen LogP contribution is 2.37. The predicted molar refractivity (Wildman–Crippen MR) is 120 cm³/mol. The van der Waals surface area contributed by atoms with Crippen LogP contribution >= 0.6 is 0 Å². The van der Waals surface area contributed by atoms with Crippen molar-refractivity contribution in [3.63, 3.8) is 0 Å². The molecule has 0 bridgehead atoms. The van der Waals surface area contributed by atoms with E-state index >= 15 is 0 Å². The van der Waals surface area contributed by atoms with Crippen LogP contribution in [0.15, 0.2) is 53.4 Å². The Labute approximate surface area is 193 Å². The molecule has 2 fully saturated rings. The van der Waals surface area contributed by atoms with Crippen molar-refractivity contribution in [2.24, 2.45) is 5.92 Å². The monoisotopic (exact) mass is 477 g/mol. The molecule has 33 heavy (non-hydrogen) atoms. The predicted octanol–water partition coefficient (Wildman–Crippen LogP) is 3.49. The second-order valence-electron chi connectivity index (χ2n) is 8.95. The van der Waals surface area contributed by atoms with Gasteiger partial charge in [0.2, 0.25) is 15.9 Å². The van der Waals surface area contributed by atoms with E-state index in [0.29, 0.717) is 19.4 Å². The molecule has 2 aromatic rings. The molecule has 2 atom stereocenters. The molecular weight excluding hydrogens is 448 g/mol. The number of nitrogens with one attached hydrogen (secondary N) is 1. The molecule has 2 aliphatic rings. The highest BCUT2D eigenvalue weighted by molar-refractivity contribution is 7.89. The molecule has 1 amide bonds. The van der Waals surface area contributed by atoms with Crippen molar-refractivity contribution >= 4 is 15.9 Å². The molecule has 1 spiro atoms. The topological polar surface area (TPSA) is 69.7 Å².